The minimum Gasteiger partial charge on any atom is -0.492 e. The molecule has 0 atom stereocenters. The van der Waals surface area contributed by atoms with Crippen molar-refractivity contribution in [3.8, 4) is 11.8 Å². The van der Waals surface area contributed by atoms with E-state index in [2.05, 4.69) is 10.2 Å². The number of azo groups is 1. The van der Waals surface area contributed by atoms with Crippen molar-refractivity contribution >= 4 is 54.5 Å². The molecule has 1 aromatic carbocycles. The summed E-state index contributed by atoms with van der Waals surface area (Å²) in [5, 5.41) is 31.0. The van der Waals surface area contributed by atoms with E-state index >= 15 is 0 Å². The zero-order chi connectivity index (χ0) is 30.6. The second kappa shape index (κ2) is 13.0. The molecule has 42 heavy (non-hydrogen) atoms. The van der Waals surface area contributed by atoms with Crippen LogP contribution in [0.25, 0.3) is 10.2 Å². The molecule has 6 N–H and O–H groups in total. The number of thiazole rings is 2. The lowest BCUT2D eigenvalue weighted by Gasteiger charge is -1.97. The van der Waals surface area contributed by atoms with Crippen LogP contribution in [0.1, 0.15) is 26.7 Å². The van der Waals surface area contributed by atoms with Gasteiger partial charge >= 0.3 is 15.8 Å². The Morgan fingerprint density at radius 3 is 1.98 bits per heavy atom. The van der Waals surface area contributed by atoms with Crippen LogP contribution in [0.5, 0.6) is 11.8 Å². The Kier molecular flexibility index (Phi) is 9.47. The molecule has 4 aromatic heterocycles. The van der Waals surface area contributed by atoms with Crippen molar-refractivity contribution in [2.24, 2.45) is 24.3 Å². The van der Waals surface area contributed by atoms with Crippen LogP contribution >= 0.6 is 22.7 Å². The van der Waals surface area contributed by atoms with E-state index in [1.165, 1.54) is 25.4 Å². The van der Waals surface area contributed by atoms with Gasteiger partial charge < -0.3 is 15.9 Å². The molecule has 0 amide bonds. The lowest BCUT2D eigenvalue weighted by atomic mass is 10.3. The average molecular weight is 617 g/mol. The van der Waals surface area contributed by atoms with Gasteiger partial charge in [-0.05, 0) is 41.4 Å². The third-order valence-corrected chi connectivity index (χ3v) is 8.57. The summed E-state index contributed by atoms with van der Waals surface area (Å²) in [6.07, 6.45) is 3.68. The molecule has 0 radical (unpaired) electrons. The molecule has 0 saturated heterocycles. The molecule has 0 unspecified atom stereocenters. The van der Waals surface area contributed by atoms with E-state index in [4.69, 9.17) is 11.5 Å². The van der Waals surface area contributed by atoms with E-state index in [0.29, 0.717) is 31.3 Å². The van der Waals surface area contributed by atoms with E-state index in [-0.39, 0.29) is 34.3 Å². The molecule has 7 rings (SSSR count). The fraction of sp³-hybridized carbons (Fsp3) is 0.385. The first-order valence-corrected chi connectivity index (χ1v) is 15.2. The van der Waals surface area contributed by atoms with Crippen LogP contribution in [0, 0.1) is 0 Å². The molecular formula is C26H36N10O4S2+2. The Morgan fingerprint density at radius 2 is 1.45 bits per heavy atom. The Bertz CT molecular complexity index is 1820. The number of benzene rings is 1. The van der Waals surface area contributed by atoms with E-state index in [1.54, 1.807) is 16.0 Å². The zero-order valence-electron chi connectivity index (χ0n) is 24.0. The highest BCUT2D eigenvalue weighted by molar-refractivity contribution is 7.21. The van der Waals surface area contributed by atoms with Crippen molar-refractivity contribution in [1.29, 1.82) is 0 Å². The Hall–Kier alpha value is -4.44. The van der Waals surface area contributed by atoms with Crippen LogP contribution in [-0.2, 0) is 40.3 Å². The number of aromatic hydroxyl groups is 2. The Morgan fingerprint density at radius 1 is 0.857 bits per heavy atom. The fourth-order valence-corrected chi connectivity index (χ4v) is 6.09. The number of nitrogens with two attached hydrogens (primary N) is 2. The van der Waals surface area contributed by atoms with Crippen molar-refractivity contribution in [1.82, 2.24) is 18.7 Å². The molecule has 2 aliphatic rings. The zero-order valence-corrected chi connectivity index (χ0v) is 25.6. The van der Waals surface area contributed by atoms with Crippen LogP contribution in [0.2, 0.25) is 0 Å². The number of nitrogens with zero attached hydrogens (tertiary/aromatic N) is 8. The van der Waals surface area contributed by atoms with Crippen molar-refractivity contribution in [3.05, 3.63) is 56.5 Å². The first-order chi connectivity index (χ1) is 20.2. The summed E-state index contributed by atoms with van der Waals surface area (Å²) < 4.78 is 10.9. The number of fused-ring (bicyclic) bond motifs is 3. The quantitative estimate of drug-likeness (QED) is 0.175. The second-order valence-electron chi connectivity index (χ2n) is 9.18. The fourth-order valence-electron chi connectivity index (χ4n) is 4.51. The molecule has 224 valence electrons. The maximum atomic E-state index is 12.2. The number of anilines is 2. The standard InChI is InChI=1S/C14H13N5O2S.C6H9N3O2.C4H6N2S.C2H6/c1-17-9-5-2-3-6-10(9)22-14(17)16-15-11-12(20)18-7-4-8-19(18)13(11)21;7-4-5(10)8-2-1-3-9(8)6(4)11;1-6-2-3-7-4(6)5;1-2/h2-3,5-6H,4,7-8H2,1H3;10H,1-3,7H2;2-3,5H,1H3;1-2H3/p+2. The maximum absolute atomic E-state index is 12.2. The first kappa shape index (κ1) is 30.5. The van der Waals surface area contributed by atoms with Gasteiger partial charge in [0.15, 0.2) is 5.69 Å². The van der Waals surface area contributed by atoms with Crippen LogP contribution in [0.15, 0.2) is 55.7 Å². The van der Waals surface area contributed by atoms with Crippen LogP contribution in [-0.4, -0.2) is 28.9 Å². The van der Waals surface area contributed by atoms with Crippen LogP contribution in [0.4, 0.5) is 21.6 Å². The van der Waals surface area contributed by atoms with E-state index in [1.807, 2.05) is 72.9 Å². The van der Waals surface area contributed by atoms with Gasteiger partial charge in [-0.15, -0.1) is 0 Å². The van der Waals surface area contributed by atoms with Gasteiger partial charge in [-0.1, -0.05) is 37.3 Å². The minimum atomic E-state index is -0.289. The predicted molar refractivity (Wildman–Crippen MR) is 163 cm³/mol. The monoisotopic (exact) mass is 616 g/mol. The highest BCUT2D eigenvalue weighted by Crippen LogP contribution is 2.30. The number of para-hydroxylation sites is 1. The van der Waals surface area contributed by atoms with Gasteiger partial charge in [0.1, 0.15) is 11.7 Å². The predicted octanol–water partition coefficient (Wildman–Crippen LogP) is 2.74. The summed E-state index contributed by atoms with van der Waals surface area (Å²) in [6, 6.07) is 7.95. The molecular weight excluding hydrogens is 580 g/mol. The van der Waals surface area contributed by atoms with Gasteiger partial charge in [0.05, 0.1) is 23.9 Å². The summed E-state index contributed by atoms with van der Waals surface area (Å²) in [6.45, 7) is 6.58. The van der Waals surface area contributed by atoms with Crippen LogP contribution < -0.4 is 31.7 Å². The van der Waals surface area contributed by atoms with Crippen molar-refractivity contribution in [3.63, 3.8) is 0 Å². The normalized spacial score (nSPS) is 13.1. The minimum absolute atomic E-state index is 0.0113. The summed E-state index contributed by atoms with van der Waals surface area (Å²) in [5.41, 5.74) is 11.2. The molecule has 14 nitrogen and oxygen atoms in total. The number of aryl methyl sites for hydroxylation is 2. The number of rotatable bonds is 2. The molecule has 6 heterocycles. The molecule has 0 aliphatic carbocycles. The number of aromatic nitrogens is 6. The van der Waals surface area contributed by atoms with Crippen molar-refractivity contribution in [2.75, 3.05) is 11.5 Å². The Balaban J connectivity index is 0.000000168. The van der Waals surface area contributed by atoms with Crippen molar-refractivity contribution < 1.29 is 19.3 Å². The van der Waals surface area contributed by atoms with E-state index < -0.39 is 0 Å². The molecule has 16 heteroatoms. The molecule has 5 aromatic rings. The summed E-state index contributed by atoms with van der Waals surface area (Å²) >= 11 is 3.04. The first-order valence-electron chi connectivity index (χ1n) is 13.5. The molecule has 0 spiro atoms. The van der Waals surface area contributed by atoms with Gasteiger partial charge in [0.25, 0.3) is 5.56 Å². The number of hydrogen-bond acceptors (Lipinski definition) is 10. The molecule has 0 fully saturated rings. The average Bonchev–Trinajstić information content (AvgIpc) is 3.85. The van der Waals surface area contributed by atoms with Gasteiger partial charge in [0, 0.05) is 31.6 Å². The van der Waals surface area contributed by atoms with Gasteiger partial charge in [0.2, 0.25) is 17.4 Å². The smallest absolute Gasteiger partial charge is 0.409 e. The lowest BCUT2D eigenvalue weighted by Crippen LogP contribution is -2.27. The third kappa shape index (κ3) is 5.80. The summed E-state index contributed by atoms with van der Waals surface area (Å²) in [5.74, 6) is -0.192. The van der Waals surface area contributed by atoms with Crippen molar-refractivity contribution in [2.45, 2.75) is 52.9 Å². The largest absolute Gasteiger partial charge is 0.492 e. The van der Waals surface area contributed by atoms with Gasteiger partial charge in [-0.25, -0.2) is 27.9 Å². The van der Waals surface area contributed by atoms with E-state index in [9.17, 15) is 19.8 Å². The number of nitrogen functional groups attached to an aromatic ring is 2. The third-order valence-electron chi connectivity index (χ3n) is 6.68. The second-order valence-corrected chi connectivity index (χ2v) is 11.1. The summed E-state index contributed by atoms with van der Waals surface area (Å²) in [4.78, 5) is 23.3. The van der Waals surface area contributed by atoms with Gasteiger partial charge in [-0.2, -0.15) is 0 Å². The topological polar surface area (TPSA) is 179 Å². The van der Waals surface area contributed by atoms with E-state index in [0.717, 1.165) is 28.2 Å². The van der Waals surface area contributed by atoms with Gasteiger partial charge in [-0.3, -0.25) is 15.3 Å². The SMILES string of the molecule is CC.C[n+]1c(N=Nc2c(O)n3n(c2=O)CCC3)sc2ccccc21.C[n+]1ccsc1N.Nc1c(O)n2n(c1=O)CCC2. The summed E-state index contributed by atoms with van der Waals surface area (Å²) in [7, 11) is 3.82. The highest BCUT2D eigenvalue weighted by Gasteiger charge is 2.25. The molecule has 0 bridgehead atoms. The number of hydrogen-bond donors (Lipinski definition) is 4. The maximum Gasteiger partial charge on any atom is 0.409 e. The highest BCUT2D eigenvalue weighted by atomic mass is 32.1. The lowest BCUT2D eigenvalue weighted by molar-refractivity contribution is -0.652. The Labute approximate surface area is 249 Å². The van der Waals surface area contributed by atoms with Crippen LogP contribution in [0.3, 0.4) is 0 Å². The molecule has 0 saturated carbocycles. The molecule has 2 aliphatic heterocycles.